The number of carbonyl (C=O) groups is 1. The Bertz CT molecular complexity index is 941. The zero-order valence-electron chi connectivity index (χ0n) is 16.3. The Balaban J connectivity index is 1.78. The third-order valence-electron chi connectivity index (χ3n) is 4.17. The molecule has 0 unspecified atom stereocenters. The molecule has 0 radical (unpaired) electrons. The molecule has 0 saturated heterocycles. The van der Waals surface area contributed by atoms with Gasteiger partial charge in [0.25, 0.3) is 5.91 Å². The second kappa shape index (κ2) is 8.99. The number of hydrogen-bond donors (Lipinski definition) is 1. The van der Waals surface area contributed by atoms with Gasteiger partial charge in [-0.25, -0.2) is 9.97 Å². The summed E-state index contributed by atoms with van der Waals surface area (Å²) >= 11 is 0. The Labute approximate surface area is 165 Å². The normalized spacial score (nSPS) is 10.4. The van der Waals surface area contributed by atoms with Gasteiger partial charge in [-0.1, -0.05) is 12.1 Å². The van der Waals surface area contributed by atoms with E-state index in [9.17, 15) is 4.79 Å². The number of rotatable bonds is 7. The summed E-state index contributed by atoms with van der Waals surface area (Å²) < 4.78 is 5.42. The lowest BCUT2D eigenvalue weighted by molar-refractivity contribution is 0.102. The van der Waals surface area contributed by atoms with Crippen LogP contribution in [0.1, 0.15) is 29.9 Å². The summed E-state index contributed by atoms with van der Waals surface area (Å²) in [5.74, 6) is 0.974. The topological polar surface area (TPSA) is 67.3 Å². The predicted octanol–water partition coefficient (Wildman–Crippen LogP) is 4.59. The van der Waals surface area contributed by atoms with Gasteiger partial charge in [-0.05, 0) is 68.8 Å². The van der Waals surface area contributed by atoms with Crippen LogP contribution in [0.15, 0.2) is 60.8 Å². The van der Waals surface area contributed by atoms with Crippen molar-refractivity contribution in [1.29, 1.82) is 0 Å². The molecule has 0 aliphatic carbocycles. The van der Waals surface area contributed by atoms with Crippen molar-refractivity contribution >= 4 is 23.2 Å². The number of carbonyl (C=O) groups excluding carboxylic acids is 1. The van der Waals surface area contributed by atoms with Gasteiger partial charge < -0.3 is 15.0 Å². The number of nitrogens with one attached hydrogen (secondary N) is 1. The predicted molar refractivity (Wildman–Crippen MR) is 111 cm³/mol. The summed E-state index contributed by atoms with van der Waals surface area (Å²) in [5.41, 5.74) is 3.14. The molecule has 3 aromatic rings. The van der Waals surface area contributed by atoms with Crippen molar-refractivity contribution in [2.45, 2.75) is 20.8 Å². The van der Waals surface area contributed by atoms with E-state index in [1.165, 1.54) is 0 Å². The van der Waals surface area contributed by atoms with Gasteiger partial charge in [-0.3, -0.25) is 4.79 Å². The first kappa shape index (κ1) is 19.4. The van der Waals surface area contributed by atoms with Crippen LogP contribution in [0.3, 0.4) is 0 Å². The van der Waals surface area contributed by atoms with Crippen LogP contribution >= 0.6 is 0 Å². The van der Waals surface area contributed by atoms with Crippen LogP contribution in [0, 0.1) is 6.92 Å². The number of aryl methyl sites for hydroxylation is 1. The summed E-state index contributed by atoms with van der Waals surface area (Å²) in [4.78, 5) is 23.4. The fourth-order valence-corrected chi connectivity index (χ4v) is 2.84. The number of nitrogens with zero attached hydrogens (tertiary/aromatic N) is 3. The van der Waals surface area contributed by atoms with E-state index >= 15 is 0 Å². The van der Waals surface area contributed by atoms with Gasteiger partial charge in [-0.2, -0.15) is 0 Å². The molecule has 0 saturated carbocycles. The van der Waals surface area contributed by atoms with Crippen molar-refractivity contribution in [3.8, 4) is 5.75 Å². The third-order valence-corrected chi connectivity index (χ3v) is 4.17. The molecule has 1 heterocycles. The van der Waals surface area contributed by atoms with E-state index in [4.69, 9.17) is 4.74 Å². The Morgan fingerprint density at radius 1 is 1.11 bits per heavy atom. The molecule has 0 fully saturated rings. The summed E-state index contributed by atoms with van der Waals surface area (Å²) in [5, 5.41) is 2.86. The first-order valence-electron chi connectivity index (χ1n) is 9.32. The van der Waals surface area contributed by atoms with Crippen molar-refractivity contribution in [2.75, 3.05) is 23.4 Å². The maximum absolute atomic E-state index is 12.6. The van der Waals surface area contributed by atoms with Crippen molar-refractivity contribution in [2.24, 2.45) is 0 Å². The van der Waals surface area contributed by atoms with Crippen LogP contribution in [-0.2, 0) is 0 Å². The van der Waals surface area contributed by atoms with Crippen molar-refractivity contribution in [3.05, 3.63) is 72.1 Å². The number of benzene rings is 2. The van der Waals surface area contributed by atoms with E-state index in [1.54, 1.807) is 24.4 Å². The number of anilines is 3. The average Bonchev–Trinajstić information content (AvgIpc) is 2.71. The number of ether oxygens (including phenoxy) is 1. The van der Waals surface area contributed by atoms with Gasteiger partial charge in [0.15, 0.2) is 0 Å². The quantitative estimate of drug-likeness (QED) is 0.653. The van der Waals surface area contributed by atoms with E-state index in [0.29, 0.717) is 30.5 Å². The number of amides is 1. The highest BCUT2D eigenvalue weighted by atomic mass is 16.5. The summed E-state index contributed by atoms with van der Waals surface area (Å²) in [7, 11) is 0. The monoisotopic (exact) mass is 376 g/mol. The van der Waals surface area contributed by atoms with Crippen LogP contribution in [0.25, 0.3) is 0 Å². The molecule has 0 aliphatic heterocycles. The lowest BCUT2D eigenvalue weighted by Crippen LogP contribution is -2.21. The molecule has 1 N–H and O–H groups in total. The maximum Gasteiger partial charge on any atom is 0.274 e. The van der Waals surface area contributed by atoms with Gasteiger partial charge in [0.1, 0.15) is 11.4 Å². The van der Waals surface area contributed by atoms with Crippen LogP contribution in [0.2, 0.25) is 0 Å². The van der Waals surface area contributed by atoms with Crippen LogP contribution in [0.4, 0.5) is 17.3 Å². The average molecular weight is 376 g/mol. The second-order valence-electron chi connectivity index (χ2n) is 6.24. The molecule has 6 nitrogen and oxygen atoms in total. The SMILES string of the molecule is CCOc1ccc(NC(=O)c2ccnc(N(CC)c3cccc(C)c3)n2)cc1. The fourth-order valence-electron chi connectivity index (χ4n) is 2.84. The molecule has 28 heavy (non-hydrogen) atoms. The molecule has 1 aromatic heterocycles. The minimum Gasteiger partial charge on any atom is -0.494 e. The molecule has 0 bridgehead atoms. The number of aromatic nitrogens is 2. The van der Waals surface area contributed by atoms with Crippen molar-refractivity contribution in [3.63, 3.8) is 0 Å². The van der Waals surface area contributed by atoms with E-state index in [0.717, 1.165) is 17.0 Å². The lowest BCUT2D eigenvalue weighted by atomic mass is 10.2. The zero-order valence-corrected chi connectivity index (χ0v) is 16.3. The Morgan fingerprint density at radius 2 is 1.89 bits per heavy atom. The van der Waals surface area contributed by atoms with Crippen LogP contribution < -0.4 is 15.0 Å². The Morgan fingerprint density at radius 3 is 2.57 bits per heavy atom. The third kappa shape index (κ3) is 4.65. The Kier molecular flexibility index (Phi) is 6.22. The Hall–Kier alpha value is -3.41. The molecule has 0 aliphatic rings. The van der Waals surface area contributed by atoms with Gasteiger partial charge in [0.05, 0.1) is 6.61 Å². The molecule has 144 valence electrons. The largest absolute Gasteiger partial charge is 0.494 e. The fraction of sp³-hybridized carbons (Fsp3) is 0.227. The smallest absolute Gasteiger partial charge is 0.274 e. The maximum atomic E-state index is 12.6. The molecule has 3 rings (SSSR count). The molecular weight excluding hydrogens is 352 g/mol. The van der Waals surface area contributed by atoms with Crippen molar-refractivity contribution < 1.29 is 9.53 Å². The standard InChI is InChI=1S/C22H24N4O2/c1-4-26(18-8-6-7-16(3)15-18)22-23-14-13-20(25-22)21(27)24-17-9-11-19(12-10-17)28-5-2/h6-15H,4-5H2,1-3H3,(H,24,27). The first-order valence-corrected chi connectivity index (χ1v) is 9.32. The summed E-state index contributed by atoms with van der Waals surface area (Å²) in [6.45, 7) is 7.29. The van der Waals surface area contributed by atoms with E-state index in [-0.39, 0.29) is 5.91 Å². The molecule has 6 heteroatoms. The van der Waals surface area contributed by atoms with Gasteiger partial charge >= 0.3 is 0 Å². The zero-order chi connectivity index (χ0) is 19.9. The number of hydrogen-bond acceptors (Lipinski definition) is 5. The highest BCUT2D eigenvalue weighted by molar-refractivity contribution is 6.03. The molecule has 0 atom stereocenters. The van der Waals surface area contributed by atoms with Crippen LogP contribution in [0.5, 0.6) is 5.75 Å². The van der Waals surface area contributed by atoms with E-state index in [1.807, 2.05) is 56.0 Å². The summed E-state index contributed by atoms with van der Waals surface area (Å²) in [6.07, 6.45) is 1.61. The van der Waals surface area contributed by atoms with Crippen LogP contribution in [-0.4, -0.2) is 29.0 Å². The van der Waals surface area contributed by atoms with Gasteiger partial charge in [-0.15, -0.1) is 0 Å². The minimum atomic E-state index is -0.284. The lowest BCUT2D eigenvalue weighted by Gasteiger charge is -2.21. The molecule has 1 amide bonds. The minimum absolute atomic E-state index is 0.284. The molecule has 0 spiro atoms. The van der Waals surface area contributed by atoms with E-state index < -0.39 is 0 Å². The molecule has 2 aromatic carbocycles. The first-order chi connectivity index (χ1) is 13.6. The molecular formula is C22H24N4O2. The van der Waals surface area contributed by atoms with Gasteiger partial charge in [0, 0.05) is 24.1 Å². The highest BCUT2D eigenvalue weighted by Gasteiger charge is 2.14. The van der Waals surface area contributed by atoms with E-state index in [2.05, 4.69) is 21.4 Å². The van der Waals surface area contributed by atoms with Gasteiger partial charge in [0.2, 0.25) is 5.95 Å². The van der Waals surface area contributed by atoms with Crippen molar-refractivity contribution in [1.82, 2.24) is 9.97 Å². The second-order valence-corrected chi connectivity index (χ2v) is 6.24. The summed E-state index contributed by atoms with van der Waals surface area (Å²) in [6, 6.07) is 17.0. The highest BCUT2D eigenvalue weighted by Crippen LogP contribution is 2.23.